The average Bonchev–Trinajstić information content (AvgIpc) is 3.15. The molecule has 37 heavy (non-hydrogen) atoms. The van der Waals surface area contributed by atoms with Crippen LogP contribution in [0.25, 0.3) is 11.1 Å². The standard InChI is InChI=1S/C30H37N5O2/c1-20-13-15-32-21(2)27(20)22-9-11-24(12-10-22)33-30(37)28(23-7-5-3-4-6-8-23)34-29(36)25-14-17-35-18-16-31-19-26(25)35/h9-15,17,23,28,31H,3-8,16,18-19H2,1-2H3,(H,33,37)(H,34,36)/t28-/m0/s1. The Morgan fingerprint density at radius 3 is 2.51 bits per heavy atom. The summed E-state index contributed by atoms with van der Waals surface area (Å²) in [5, 5.41) is 9.57. The first-order valence-corrected chi connectivity index (χ1v) is 13.5. The van der Waals surface area contributed by atoms with Gasteiger partial charge >= 0.3 is 0 Å². The number of aromatic nitrogens is 2. The van der Waals surface area contributed by atoms with Crippen LogP contribution in [0.4, 0.5) is 5.69 Å². The molecule has 1 atom stereocenters. The van der Waals surface area contributed by atoms with Crippen molar-refractivity contribution in [3.63, 3.8) is 0 Å². The molecule has 7 heteroatoms. The van der Waals surface area contributed by atoms with E-state index in [4.69, 9.17) is 0 Å². The van der Waals surface area contributed by atoms with E-state index in [1.807, 2.05) is 55.7 Å². The molecule has 5 rings (SSSR count). The van der Waals surface area contributed by atoms with Gasteiger partial charge in [-0.3, -0.25) is 14.6 Å². The predicted molar refractivity (Wildman–Crippen MR) is 146 cm³/mol. The minimum Gasteiger partial charge on any atom is -0.348 e. The number of carbonyl (C=O) groups excluding carboxylic acids is 2. The van der Waals surface area contributed by atoms with Gasteiger partial charge in [0.25, 0.3) is 5.91 Å². The number of nitrogens with one attached hydrogen (secondary N) is 3. The summed E-state index contributed by atoms with van der Waals surface area (Å²) in [6.07, 6.45) is 10.3. The van der Waals surface area contributed by atoms with Crippen molar-refractivity contribution in [2.24, 2.45) is 5.92 Å². The molecule has 1 aromatic carbocycles. The third-order valence-corrected chi connectivity index (χ3v) is 7.88. The normalized spacial score (nSPS) is 16.9. The van der Waals surface area contributed by atoms with E-state index in [9.17, 15) is 9.59 Å². The molecule has 1 saturated carbocycles. The molecule has 1 aliphatic carbocycles. The predicted octanol–water partition coefficient (Wildman–Crippen LogP) is 4.98. The Bertz CT molecular complexity index is 1240. The Morgan fingerprint density at radius 1 is 1.03 bits per heavy atom. The summed E-state index contributed by atoms with van der Waals surface area (Å²) in [6, 6.07) is 11.2. The Kier molecular flexibility index (Phi) is 7.70. The Morgan fingerprint density at radius 2 is 1.78 bits per heavy atom. The van der Waals surface area contributed by atoms with E-state index in [1.54, 1.807) is 0 Å². The van der Waals surface area contributed by atoms with Crippen molar-refractivity contribution in [1.82, 2.24) is 20.2 Å². The minimum absolute atomic E-state index is 0.128. The molecule has 0 spiro atoms. The van der Waals surface area contributed by atoms with E-state index in [0.717, 1.165) is 67.0 Å². The molecule has 0 unspecified atom stereocenters. The summed E-state index contributed by atoms with van der Waals surface area (Å²) in [5.41, 5.74) is 6.72. The van der Waals surface area contributed by atoms with Crippen LogP contribution in [-0.2, 0) is 17.9 Å². The molecule has 194 valence electrons. The summed E-state index contributed by atoms with van der Waals surface area (Å²) < 4.78 is 2.12. The molecule has 0 saturated heterocycles. The van der Waals surface area contributed by atoms with Gasteiger partial charge in [0.15, 0.2) is 0 Å². The molecule has 1 aliphatic heterocycles. The Balaban J connectivity index is 1.34. The molecule has 0 bridgehead atoms. The molecule has 3 heterocycles. The average molecular weight is 500 g/mol. The van der Waals surface area contributed by atoms with Gasteiger partial charge in [-0.05, 0) is 68.0 Å². The maximum atomic E-state index is 13.6. The number of benzene rings is 1. The number of nitrogens with zero attached hydrogens (tertiary/aromatic N) is 2. The maximum Gasteiger partial charge on any atom is 0.253 e. The molecule has 2 aliphatic rings. The van der Waals surface area contributed by atoms with Crippen molar-refractivity contribution >= 4 is 17.5 Å². The lowest BCUT2D eigenvalue weighted by molar-refractivity contribution is -0.119. The summed E-state index contributed by atoms with van der Waals surface area (Å²) in [4.78, 5) is 31.5. The monoisotopic (exact) mass is 499 g/mol. The van der Waals surface area contributed by atoms with Gasteiger partial charge in [0.05, 0.1) is 5.56 Å². The van der Waals surface area contributed by atoms with Crippen LogP contribution in [0.5, 0.6) is 0 Å². The highest BCUT2D eigenvalue weighted by Crippen LogP contribution is 2.29. The zero-order valence-corrected chi connectivity index (χ0v) is 21.8. The minimum atomic E-state index is -0.569. The number of anilines is 1. The molecule has 2 aromatic heterocycles. The largest absolute Gasteiger partial charge is 0.348 e. The third-order valence-electron chi connectivity index (χ3n) is 7.88. The van der Waals surface area contributed by atoms with Gasteiger partial charge in [-0.1, -0.05) is 37.8 Å². The first-order chi connectivity index (χ1) is 18.0. The van der Waals surface area contributed by atoms with Crippen LogP contribution >= 0.6 is 0 Å². The van der Waals surface area contributed by atoms with Crippen LogP contribution in [-0.4, -0.2) is 34.0 Å². The SMILES string of the molecule is Cc1ccnc(C)c1-c1ccc(NC(=O)[C@@H](NC(=O)c2ccn3c2CNCC3)C2CCCCCC2)cc1. The first kappa shape index (κ1) is 25.2. The summed E-state index contributed by atoms with van der Waals surface area (Å²) in [5.74, 6) is -0.185. The zero-order valence-electron chi connectivity index (χ0n) is 21.8. The van der Waals surface area contributed by atoms with Crippen LogP contribution in [0.15, 0.2) is 48.8 Å². The summed E-state index contributed by atoms with van der Waals surface area (Å²) in [7, 11) is 0. The number of pyridine rings is 1. The Hall–Kier alpha value is -3.45. The smallest absolute Gasteiger partial charge is 0.253 e. The van der Waals surface area contributed by atoms with E-state index in [-0.39, 0.29) is 17.7 Å². The van der Waals surface area contributed by atoms with Crippen LogP contribution < -0.4 is 16.0 Å². The first-order valence-electron chi connectivity index (χ1n) is 13.5. The molecule has 0 radical (unpaired) electrons. The lowest BCUT2D eigenvalue weighted by atomic mass is 9.90. The van der Waals surface area contributed by atoms with Crippen molar-refractivity contribution in [2.75, 3.05) is 11.9 Å². The molecule has 1 fully saturated rings. The van der Waals surface area contributed by atoms with Gasteiger partial charge in [0, 0.05) is 54.7 Å². The second-order valence-corrected chi connectivity index (χ2v) is 10.4. The number of hydrogen-bond acceptors (Lipinski definition) is 4. The van der Waals surface area contributed by atoms with E-state index < -0.39 is 6.04 Å². The fraction of sp³-hybridized carbons (Fsp3) is 0.433. The van der Waals surface area contributed by atoms with Crippen LogP contribution in [0.2, 0.25) is 0 Å². The van der Waals surface area contributed by atoms with E-state index in [0.29, 0.717) is 12.1 Å². The van der Waals surface area contributed by atoms with Gasteiger partial charge in [0.1, 0.15) is 6.04 Å². The second kappa shape index (κ2) is 11.3. The highest BCUT2D eigenvalue weighted by atomic mass is 16.2. The van der Waals surface area contributed by atoms with Gasteiger partial charge < -0.3 is 20.5 Å². The Labute approximate surface area is 219 Å². The number of amides is 2. The maximum absolute atomic E-state index is 13.6. The highest BCUT2D eigenvalue weighted by Gasteiger charge is 2.32. The second-order valence-electron chi connectivity index (χ2n) is 10.4. The highest BCUT2D eigenvalue weighted by molar-refractivity contribution is 6.02. The number of fused-ring (bicyclic) bond motifs is 1. The topological polar surface area (TPSA) is 88.1 Å². The van der Waals surface area contributed by atoms with Gasteiger partial charge in [-0.15, -0.1) is 0 Å². The van der Waals surface area contributed by atoms with Crippen molar-refractivity contribution < 1.29 is 9.59 Å². The van der Waals surface area contributed by atoms with Crippen molar-refractivity contribution in [1.29, 1.82) is 0 Å². The van der Waals surface area contributed by atoms with Crippen molar-refractivity contribution in [3.05, 3.63) is 71.3 Å². The lowest BCUT2D eigenvalue weighted by Crippen LogP contribution is -2.48. The van der Waals surface area contributed by atoms with Crippen molar-refractivity contribution in [2.45, 2.75) is 71.5 Å². The number of hydrogen-bond donors (Lipinski definition) is 3. The molecule has 3 N–H and O–H groups in total. The zero-order chi connectivity index (χ0) is 25.8. The summed E-state index contributed by atoms with van der Waals surface area (Å²) in [6.45, 7) is 6.50. The quantitative estimate of drug-likeness (QED) is 0.418. The number of aryl methyl sites for hydroxylation is 2. The summed E-state index contributed by atoms with van der Waals surface area (Å²) >= 11 is 0. The van der Waals surface area contributed by atoms with Crippen LogP contribution in [0.1, 0.15) is 65.8 Å². The van der Waals surface area contributed by atoms with Crippen LogP contribution in [0, 0.1) is 19.8 Å². The van der Waals surface area contributed by atoms with Gasteiger partial charge in [0.2, 0.25) is 5.91 Å². The molecule has 2 amide bonds. The third kappa shape index (κ3) is 5.62. The molecular formula is C30H37N5O2. The van der Waals surface area contributed by atoms with Crippen LogP contribution in [0.3, 0.4) is 0 Å². The fourth-order valence-electron chi connectivity index (χ4n) is 5.86. The number of rotatable bonds is 6. The van der Waals surface area contributed by atoms with Crippen molar-refractivity contribution in [3.8, 4) is 11.1 Å². The van der Waals surface area contributed by atoms with Gasteiger partial charge in [-0.25, -0.2) is 0 Å². The molecular weight excluding hydrogens is 462 g/mol. The molecule has 7 nitrogen and oxygen atoms in total. The molecule has 3 aromatic rings. The van der Waals surface area contributed by atoms with E-state index in [1.165, 1.54) is 18.4 Å². The lowest BCUT2D eigenvalue weighted by Gasteiger charge is -2.27. The van der Waals surface area contributed by atoms with E-state index in [2.05, 4.69) is 32.4 Å². The fourth-order valence-corrected chi connectivity index (χ4v) is 5.86. The van der Waals surface area contributed by atoms with Gasteiger partial charge in [-0.2, -0.15) is 0 Å². The number of carbonyl (C=O) groups is 2. The van der Waals surface area contributed by atoms with E-state index >= 15 is 0 Å².